The molecule has 0 atom stereocenters. The molecule has 6 heteroatoms. The maximum Gasteiger partial charge on any atom is 0.323 e. The molecule has 0 radical (unpaired) electrons. The van der Waals surface area contributed by atoms with E-state index < -0.39 is 0 Å². The maximum absolute atomic E-state index is 5.75. The number of rotatable bonds is 3. The number of anilines is 2. The molecule has 2 aromatic rings. The van der Waals surface area contributed by atoms with Gasteiger partial charge in [-0.15, -0.1) is 0 Å². The fourth-order valence-corrected chi connectivity index (χ4v) is 2.56. The van der Waals surface area contributed by atoms with Crippen LogP contribution in [0.2, 0.25) is 0 Å². The van der Waals surface area contributed by atoms with Crippen LogP contribution in [0.25, 0.3) is 0 Å². The normalized spacial score (nSPS) is 14.4. The summed E-state index contributed by atoms with van der Waals surface area (Å²) in [4.78, 5) is 14.7. The van der Waals surface area contributed by atoms with E-state index in [4.69, 9.17) is 10.5 Å². The van der Waals surface area contributed by atoms with Crippen LogP contribution in [-0.4, -0.2) is 34.6 Å². The summed E-state index contributed by atoms with van der Waals surface area (Å²) in [6.07, 6.45) is 1.96. The van der Waals surface area contributed by atoms with Gasteiger partial charge in [-0.05, 0) is 30.9 Å². The summed E-state index contributed by atoms with van der Waals surface area (Å²) in [6.45, 7) is 4.13. The molecule has 1 aromatic carbocycles. The summed E-state index contributed by atoms with van der Waals surface area (Å²) in [6, 6.07) is 8.84. The Labute approximate surface area is 124 Å². The van der Waals surface area contributed by atoms with Gasteiger partial charge in [-0.3, -0.25) is 0 Å². The topological polar surface area (TPSA) is 77.2 Å². The summed E-state index contributed by atoms with van der Waals surface area (Å²) in [5, 5.41) is 0. The van der Waals surface area contributed by atoms with Crippen molar-refractivity contribution in [3.8, 4) is 6.01 Å². The largest absolute Gasteiger partial charge is 0.464 e. The number of aromatic nitrogens is 3. The van der Waals surface area contributed by atoms with Crippen molar-refractivity contribution in [1.82, 2.24) is 15.0 Å². The van der Waals surface area contributed by atoms with Crippen LogP contribution in [0.5, 0.6) is 6.01 Å². The molecule has 0 unspecified atom stereocenters. The van der Waals surface area contributed by atoms with E-state index in [2.05, 4.69) is 44.1 Å². The fraction of sp³-hybridized carbons (Fsp3) is 0.400. The quantitative estimate of drug-likeness (QED) is 0.920. The monoisotopic (exact) mass is 285 g/mol. The number of ether oxygens (including phenoxy) is 1. The molecule has 0 aliphatic carbocycles. The standard InChI is InChI=1S/C15H19N5O/c1-2-21-15-18-13(16)17-14(19-15)20-9-7-11-5-3-4-6-12(11)8-10-20/h3-6H,2,7-10H2,1H3,(H2,16,17,18,19). The Balaban J connectivity index is 1.82. The van der Waals surface area contributed by atoms with Gasteiger partial charge in [0.05, 0.1) is 6.61 Å². The van der Waals surface area contributed by atoms with Crippen molar-refractivity contribution in [1.29, 1.82) is 0 Å². The minimum absolute atomic E-state index is 0.199. The Morgan fingerprint density at radius 1 is 1.10 bits per heavy atom. The summed E-state index contributed by atoms with van der Waals surface area (Å²) in [5.41, 5.74) is 8.54. The lowest BCUT2D eigenvalue weighted by Gasteiger charge is -2.20. The first kappa shape index (κ1) is 13.6. The molecule has 21 heavy (non-hydrogen) atoms. The highest BCUT2D eigenvalue weighted by atomic mass is 16.5. The van der Waals surface area contributed by atoms with Crippen molar-refractivity contribution >= 4 is 11.9 Å². The van der Waals surface area contributed by atoms with Gasteiger partial charge >= 0.3 is 6.01 Å². The van der Waals surface area contributed by atoms with Crippen LogP contribution in [0, 0.1) is 0 Å². The van der Waals surface area contributed by atoms with E-state index in [0.29, 0.717) is 18.6 Å². The smallest absolute Gasteiger partial charge is 0.323 e. The number of benzene rings is 1. The van der Waals surface area contributed by atoms with Crippen LogP contribution in [0.15, 0.2) is 24.3 Å². The maximum atomic E-state index is 5.75. The zero-order valence-corrected chi connectivity index (χ0v) is 12.1. The second-order valence-electron chi connectivity index (χ2n) is 4.96. The molecule has 1 aromatic heterocycles. The van der Waals surface area contributed by atoms with E-state index >= 15 is 0 Å². The minimum Gasteiger partial charge on any atom is -0.464 e. The molecular weight excluding hydrogens is 266 g/mol. The fourth-order valence-electron chi connectivity index (χ4n) is 2.56. The van der Waals surface area contributed by atoms with Gasteiger partial charge in [0, 0.05) is 13.1 Å². The Kier molecular flexibility index (Phi) is 3.85. The first-order valence-electron chi connectivity index (χ1n) is 7.22. The Morgan fingerprint density at radius 3 is 2.38 bits per heavy atom. The average Bonchev–Trinajstić information content (AvgIpc) is 2.69. The number of nitrogen functional groups attached to an aromatic ring is 1. The lowest BCUT2D eigenvalue weighted by atomic mass is 10.0. The number of hydrogen-bond donors (Lipinski definition) is 1. The van der Waals surface area contributed by atoms with Gasteiger partial charge in [-0.25, -0.2) is 0 Å². The third-order valence-corrected chi connectivity index (χ3v) is 3.60. The molecule has 2 heterocycles. The average molecular weight is 285 g/mol. The molecule has 1 aliphatic rings. The predicted octanol–water partition coefficient (Wildman–Crippen LogP) is 1.46. The second-order valence-corrected chi connectivity index (χ2v) is 4.96. The summed E-state index contributed by atoms with van der Waals surface area (Å²) < 4.78 is 5.34. The van der Waals surface area contributed by atoms with Crippen LogP contribution in [0.1, 0.15) is 18.1 Å². The molecule has 2 N–H and O–H groups in total. The van der Waals surface area contributed by atoms with E-state index in [1.807, 2.05) is 6.92 Å². The Hall–Kier alpha value is -2.37. The van der Waals surface area contributed by atoms with Crippen LogP contribution in [0.3, 0.4) is 0 Å². The molecule has 0 amide bonds. The van der Waals surface area contributed by atoms with Gasteiger partial charge in [0.15, 0.2) is 0 Å². The Morgan fingerprint density at radius 2 is 1.76 bits per heavy atom. The number of nitrogens with two attached hydrogens (primary N) is 1. The van der Waals surface area contributed by atoms with Crippen molar-refractivity contribution in [3.63, 3.8) is 0 Å². The number of nitrogens with zero attached hydrogens (tertiary/aromatic N) is 4. The molecule has 6 nitrogen and oxygen atoms in total. The molecule has 0 fully saturated rings. The molecular formula is C15H19N5O. The van der Waals surface area contributed by atoms with Crippen molar-refractivity contribution in [2.24, 2.45) is 0 Å². The van der Waals surface area contributed by atoms with Gasteiger partial charge < -0.3 is 15.4 Å². The summed E-state index contributed by atoms with van der Waals surface area (Å²) >= 11 is 0. The second kappa shape index (κ2) is 5.95. The zero-order valence-electron chi connectivity index (χ0n) is 12.1. The van der Waals surface area contributed by atoms with Gasteiger partial charge in [-0.1, -0.05) is 24.3 Å². The molecule has 3 rings (SSSR count). The zero-order chi connectivity index (χ0) is 14.7. The summed E-state index contributed by atoms with van der Waals surface area (Å²) in [7, 11) is 0. The molecule has 1 aliphatic heterocycles. The van der Waals surface area contributed by atoms with Gasteiger partial charge in [-0.2, -0.15) is 15.0 Å². The van der Waals surface area contributed by atoms with Gasteiger partial charge in [0.2, 0.25) is 11.9 Å². The van der Waals surface area contributed by atoms with E-state index in [9.17, 15) is 0 Å². The molecule has 0 spiro atoms. The van der Waals surface area contributed by atoms with Gasteiger partial charge in [0.25, 0.3) is 0 Å². The number of hydrogen-bond acceptors (Lipinski definition) is 6. The molecule has 0 saturated heterocycles. The molecule has 110 valence electrons. The van der Waals surface area contributed by atoms with Crippen molar-refractivity contribution in [3.05, 3.63) is 35.4 Å². The first-order chi connectivity index (χ1) is 10.3. The van der Waals surface area contributed by atoms with E-state index in [0.717, 1.165) is 25.9 Å². The predicted molar refractivity (Wildman–Crippen MR) is 81.5 cm³/mol. The molecule has 0 bridgehead atoms. The summed E-state index contributed by atoms with van der Waals surface area (Å²) in [5.74, 6) is 0.795. The van der Waals surface area contributed by atoms with Crippen molar-refractivity contribution in [2.75, 3.05) is 30.3 Å². The first-order valence-corrected chi connectivity index (χ1v) is 7.22. The Bertz CT molecular complexity index is 604. The lowest BCUT2D eigenvalue weighted by molar-refractivity contribution is 0.312. The van der Waals surface area contributed by atoms with E-state index in [-0.39, 0.29) is 5.95 Å². The highest BCUT2D eigenvalue weighted by Gasteiger charge is 2.17. The van der Waals surface area contributed by atoms with E-state index in [1.54, 1.807) is 0 Å². The molecule has 0 saturated carbocycles. The third-order valence-electron chi connectivity index (χ3n) is 3.60. The van der Waals surface area contributed by atoms with Crippen LogP contribution in [0.4, 0.5) is 11.9 Å². The lowest BCUT2D eigenvalue weighted by Crippen LogP contribution is -2.28. The van der Waals surface area contributed by atoms with Crippen LogP contribution < -0.4 is 15.4 Å². The minimum atomic E-state index is 0.199. The highest BCUT2D eigenvalue weighted by Crippen LogP contribution is 2.20. The van der Waals surface area contributed by atoms with E-state index in [1.165, 1.54) is 11.1 Å². The van der Waals surface area contributed by atoms with Crippen LogP contribution >= 0.6 is 0 Å². The third kappa shape index (κ3) is 3.04. The van der Waals surface area contributed by atoms with Gasteiger partial charge in [0.1, 0.15) is 0 Å². The van der Waals surface area contributed by atoms with Crippen LogP contribution in [-0.2, 0) is 12.8 Å². The van der Waals surface area contributed by atoms with Crippen molar-refractivity contribution < 1.29 is 4.74 Å². The SMILES string of the molecule is CCOc1nc(N)nc(N2CCc3ccccc3CC2)n1. The highest BCUT2D eigenvalue weighted by molar-refractivity contribution is 5.39. The van der Waals surface area contributed by atoms with Crippen molar-refractivity contribution in [2.45, 2.75) is 19.8 Å². The number of fused-ring (bicyclic) bond motifs is 1.